The van der Waals surface area contributed by atoms with Crippen LogP contribution < -0.4 is 20.1 Å². The molecule has 0 aliphatic rings. The molecule has 8 heteroatoms. The van der Waals surface area contributed by atoms with Gasteiger partial charge in [-0.1, -0.05) is 48.5 Å². The lowest BCUT2D eigenvalue weighted by molar-refractivity contribution is -0.139. The Hall–Kier alpha value is -4.72. The first-order valence-corrected chi connectivity index (χ1v) is 10.8. The van der Waals surface area contributed by atoms with Crippen molar-refractivity contribution in [2.24, 2.45) is 0 Å². The van der Waals surface area contributed by atoms with Gasteiger partial charge >= 0.3 is 5.97 Å². The molecule has 0 atom stereocenters. The van der Waals surface area contributed by atoms with Gasteiger partial charge in [0.15, 0.2) is 6.61 Å². The van der Waals surface area contributed by atoms with Gasteiger partial charge in [0.2, 0.25) is 5.88 Å². The molecule has 0 saturated carbocycles. The lowest BCUT2D eigenvalue weighted by Crippen LogP contribution is -2.14. The monoisotopic (exact) mass is 471 g/mol. The lowest BCUT2D eigenvalue weighted by atomic mass is 9.97. The highest BCUT2D eigenvalue weighted by molar-refractivity contribution is 6.15. The van der Waals surface area contributed by atoms with E-state index in [0.29, 0.717) is 28.6 Å². The van der Waals surface area contributed by atoms with Crippen molar-refractivity contribution in [3.05, 3.63) is 84.4 Å². The number of ether oxygens (including phenoxy) is 2. The summed E-state index contributed by atoms with van der Waals surface area (Å²) in [6, 6.07) is 24.1. The minimum atomic E-state index is -1.06. The number of carboxylic acid groups (broad SMARTS) is 1. The molecule has 3 aromatic carbocycles. The zero-order chi connectivity index (χ0) is 24.8. The summed E-state index contributed by atoms with van der Waals surface area (Å²) in [6.45, 7) is -0.450. The fraction of sp³-hybridized carbons (Fsp3) is 0.111. The number of methoxy groups -OCH3 is 1. The summed E-state index contributed by atoms with van der Waals surface area (Å²) in [5.74, 6) is 1.20. The molecule has 178 valence electrons. The van der Waals surface area contributed by atoms with Crippen LogP contribution in [0.15, 0.2) is 83.3 Å². The van der Waals surface area contributed by atoms with E-state index in [1.807, 2.05) is 54.6 Å². The predicted octanol–water partition coefficient (Wildman–Crippen LogP) is 5.56. The van der Waals surface area contributed by atoms with Crippen molar-refractivity contribution in [1.29, 1.82) is 5.41 Å². The Bertz CT molecular complexity index is 1330. The van der Waals surface area contributed by atoms with Gasteiger partial charge in [-0.3, -0.25) is 5.41 Å². The smallest absolute Gasteiger partial charge is 0.341 e. The summed E-state index contributed by atoms with van der Waals surface area (Å²) in [5, 5.41) is 23.9. The van der Waals surface area contributed by atoms with E-state index < -0.39 is 12.6 Å². The third-order valence-corrected chi connectivity index (χ3v) is 5.27. The molecule has 8 nitrogen and oxygen atoms in total. The highest BCUT2D eigenvalue weighted by atomic mass is 16.5. The second kappa shape index (κ2) is 10.5. The summed E-state index contributed by atoms with van der Waals surface area (Å²) in [5.41, 5.74) is 3.60. The summed E-state index contributed by atoms with van der Waals surface area (Å²) < 4.78 is 16.8. The summed E-state index contributed by atoms with van der Waals surface area (Å²) in [6.07, 6.45) is 0. The third-order valence-electron chi connectivity index (χ3n) is 5.27. The third kappa shape index (κ3) is 5.27. The molecule has 4 N–H and O–H groups in total. The number of carbonyl (C=O) groups is 1. The van der Waals surface area contributed by atoms with Crippen molar-refractivity contribution in [3.8, 4) is 33.9 Å². The zero-order valence-electron chi connectivity index (χ0n) is 19.3. The molecule has 1 aromatic heterocycles. The van der Waals surface area contributed by atoms with Crippen LogP contribution in [0, 0.1) is 5.41 Å². The standard InChI is InChI=1S/C27H25N3O5/c1-29-27-24(26(28)30-19-9-6-10-21(15-19)34-16-22(31)32)23(17-11-13-20(33-2)14-12-17)25(35-27)18-7-4-3-5-8-18/h3-15,29H,16H2,1-2H3,(H2,28,30)(H,31,32). The summed E-state index contributed by atoms with van der Waals surface area (Å²) >= 11 is 0. The number of nitrogens with one attached hydrogen (secondary N) is 3. The first kappa shape index (κ1) is 23.4. The Labute approximate surface area is 202 Å². The van der Waals surface area contributed by atoms with Crippen molar-refractivity contribution in [2.75, 3.05) is 31.4 Å². The van der Waals surface area contributed by atoms with Crippen LogP contribution in [0.3, 0.4) is 0 Å². The molecule has 35 heavy (non-hydrogen) atoms. The van der Waals surface area contributed by atoms with E-state index in [4.69, 9.17) is 24.4 Å². The number of hydrogen-bond donors (Lipinski definition) is 4. The number of anilines is 2. The number of rotatable bonds is 9. The number of hydrogen-bond acceptors (Lipinski definition) is 6. The Morgan fingerprint density at radius 1 is 0.971 bits per heavy atom. The van der Waals surface area contributed by atoms with Crippen molar-refractivity contribution < 1.29 is 23.8 Å². The van der Waals surface area contributed by atoms with Gasteiger partial charge in [0.25, 0.3) is 0 Å². The summed E-state index contributed by atoms with van der Waals surface area (Å²) in [7, 11) is 3.35. The van der Waals surface area contributed by atoms with Crippen LogP contribution in [0.5, 0.6) is 11.5 Å². The number of furan rings is 1. The zero-order valence-corrected chi connectivity index (χ0v) is 19.3. The lowest BCUT2D eigenvalue weighted by Gasteiger charge is -2.12. The maximum Gasteiger partial charge on any atom is 0.341 e. The average molecular weight is 472 g/mol. The van der Waals surface area contributed by atoms with E-state index >= 15 is 0 Å². The van der Waals surface area contributed by atoms with Crippen molar-refractivity contribution in [2.45, 2.75) is 0 Å². The molecule has 0 amide bonds. The van der Waals surface area contributed by atoms with Gasteiger partial charge < -0.3 is 29.6 Å². The quantitative estimate of drug-likeness (QED) is 0.186. The SMILES string of the molecule is CNc1oc(-c2ccccc2)c(-c2ccc(OC)cc2)c1C(=N)Nc1cccc(OCC(=O)O)c1. The molecular formula is C27H25N3O5. The predicted molar refractivity (Wildman–Crippen MR) is 136 cm³/mol. The van der Waals surface area contributed by atoms with E-state index in [1.165, 1.54) is 0 Å². The average Bonchev–Trinajstić information content (AvgIpc) is 3.28. The molecule has 0 aliphatic carbocycles. The van der Waals surface area contributed by atoms with Gasteiger partial charge in [-0.25, -0.2) is 4.79 Å². The Kier molecular flexibility index (Phi) is 7.02. The largest absolute Gasteiger partial charge is 0.497 e. The molecule has 4 aromatic rings. The second-order valence-electron chi connectivity index (χ2n) is 7.57. The number of amidine groups is 1. The van der Waals surface area contributed by atoms with Crippen LogP contribution in [-0.4, -0.2) is 37.7 Å². The van der Waals surface area contributed by atoms with Crippen molar-refractivity contribution in [1.82, 2.24) is 0 Å². The molecule has 4 rings (SSSR count). The Balaban J connectivity index is 1.77. The Morgan fingerprint density at radius 3 is 2.37 bits per heavy atom. The highest BCUT2D eigenvalue weighted by Gasteiger charge is 2.25. The van der Waals surface area contributed by atoms with Gasteiger partial charge in [0.1, 0.15) is 23.1 Å². The minimum absolute atomic E-state index is 0.0986. The Morgan fingerprint density at radius 2 is 1.71 bits per heavy atom. The summed E-state index contributed by atoms with van der Waals surface area (Å²) in [4.78, 5) is 10.8. The second-order valence-corrected chi connectivity index (χ2v) is 7.57. The van der Waals surface area contributed by atoms with Crippen molar-refractivity contribution >= 4 is 23.4 Å². The first-order chi connectivity index (χ1) is 17.0. The van der Waals surface area contributed by atoms with Crippen LogP contribution in [0.2, 0.25) is 0 Å². The van der Waals surface area contributed by atoms with Gasteiger partial charge in [-0.15, -0.1) is 0 Å². The van der Waals surface area contributed by atoms with Crippen LogP contribution in [0.1, 0.15) is 5.56 Å². The van der Waals surface area contributed by atoms with E-state index in [2.05, 4.69) is 10.6 Å². The maximum atomic E-state index is 10.8. The molecule has 1 heterocycles. The van der Waals surface area contributed by atoms with Crippen LogP contribution in [0.4, 0.5) is 11.6 Å². The van der Waals surface area contributed by atoms with E-state index in [0.717, 1.165) is 22.4 Å². The van der Waals surface area contributed by atoms with Gasteiger partial charge in [-0.2, -0.15) is 0 Å². The molecule has 0 spiro atoms. The molecule has 0 unspecified atom stereocenters. The molecule has 0 radical (unpaired) electrons. The molecule has 0 saturated heterocycles. The molecule has 0 fully saturated rings. The van der Waals surface area contributed by atoms with E-state index in [1.54, 1.807) is 38.4 Å². The number of aliphatic carboxylic acids is 1. The maximum absolute atomic E-state index is 10.8. The van der Waals surface area contributed by atoms with E-state index in [9.17, 15) is 4.79 Å². The highest BCUT2D eigenvalue weighted by Crippen LogP contribution is 2.42. The van der Waals surface area contributed by atoms with Crippen molar-refractivity contribution in [3.63, 3.8) is 0 Å². The van der Waals surface area contributed by atoms with Gasteiger partial charge in [0, 0.05) is 29.9 Å². The fourth-order valence-corrected chi connectivity index (χ4v) is 3.69. The molecule has 0 bridgehead atoms. The molecular weight excluding hydrogens is 446 g/mol. The van der Waals surface area contributed by atoms with Crippen LogP contribution in [-0.2, 0) is 4.79 Å². The van der Waals surface area contributed by atoms with Gasteiger partial charge in [-0.05, 0) is 29.8 Å². The topological polar surface area (TPSA) is 117 Å². The number of benzene rings is 3. The van der Waals surface area contributed by atoms with Gasteiger partial charge in [0.05, 0.1) is 12.7 Å². The first-order valence-electron chi connectivity index (χ1n) is 10.8. The van der Waals surface area contributed by atoms with E-state index in [-0.39, 0.29) is 5.84 Å². The minimum Gasteiger partial charge on any atom is -0.497 e. The normalized spacial score (nSPS) is 10.5. The molecule has 0 aliphatic heterocycles. The van der Waals surface area contributed by atoms with Crippen LogP contribution >= 0.6 is 0 Å². The fourth-order valence-electron chi connectivity index (χ4n) is 3.69. The van der Waals surface area contributed by atoms with Crippen LogP contribution in [0.25, 0.3) is 22.5 Å². The number of carboxylic acids is 1.